The molecule has 0 spiro atoms. The molecule has 0 saturated carbocycles. The smallest absolute Gasteiger partial charge is 0.341 e. The van der Waals surface area contributed by atoms with Crippen molar-refractivity contribution in [3.05, 3.63) is 119 Å². The van der Waals surface area contributed by atoms with Gasteiger partial charge in [0.05, 0.1) is 6.61 Å². The highest BCUT2D eigenvalue weighted by molar-refractivity contribution is 5.96. The first-order valence-electron chi connectivity index (χ1n) is 25.7. The maximum Gasteiger partial charge on any atom is 0.341 e. The molecule has 22 nitrogen and oxygen atoms in total. The average Bonchev–Trinajstić information content (AvgIpc) is 3.43. The van der Waals surface area contributed by atoms with E-state index in [9.17, 15) is 52.7 Å². The summed E-state index contributed by atoms with van der Waals surface area (Å²) >= 11 is 0. The Morgan fingerprint density at radius 2 is 0.556 bits per heavy atom. The molecular weight excluding hydrogens is 1060 g/mol. The highest BCUT2D eigenvalue weighted by Gasteiger charge is 2.46. The molecule has 0 bridgehead atoms. The molecule has 0 radical (unpaired) electrons. The van der Waals surface area contributed by atoms with Gasteiger partial charge in [-0.05, 0) is 75.7 Å². The number of para-hydroxylation sites is 4. The fourth-order valence-electron chi connectivity index (χ4n) is 7.22. The van der Waals surface area contributed by atoms with Crippen molar-refractivity contribution in [1.29, 1.82) is 0 Å². The normalized spacial score (nSPS) is 11.2. The number of carbonyl (C=O) groups excluding carboxylic acids is 11. The van der Waals surface area contributed by atoms with Crippen LogP contribution >= 0.6 is 0 Å². The maximum atomic E-state index is 14.5. The maximum absolute atomic E-state index is 14.5. The van der Waals surface area contributed by atoms with Crippen LogP contribution in [0.1, 0.15) is 135 Å². The van der Waals surface area contributed by atoms with Crippen LogP contribution in [0.25, 0.3) is 0 Å². The van der Waals surface area contributed by atoms with Gasteiger partial charge in [0.25, 0.3) is 0 Å². The minimum atomic E-state index is -2.10. The van der Waals surface area contributed by atoms with E-state index in [-0.39, 0.29) is 51.9 Å². The second-order valence-corrected chi connectivity index (χ2v) is 19.4. The topological polar surface area (TPSA) is 289 Å². The molecule has 434 valence electrons. The molecule has 4 aromatic rings. The lowest BCUT2D eigenvalue weighted by Gasteiger charge is -2.32. The van der Waals surface area contributed by atoms with E-state index < -0.39 is 122 Å². The summed E-state index contributed by atoms with van der Waals surface area (Å²) in [5.74, 6) is -11.4. The summed E-state index contributed by atoms with van der Waals surface area (Å²) < 4.78 is 60.1. The fraction of sp³-hybridized carbons (Fsp3) is 0.407. The van der Waals surface area contributed by atoms with Gasteiger partial charge < -0.3 is 52.1 Å². The minimum Gasteiger partial charge on any atom is -0.465 e. The van der Waals surface area contributed by atoms with Crippen LogP contribution in [0.4, 0.5) is 0 Å². The van der Waals surface area contributed by atoms with Crippen molar-refractivity contribution in [3.8, 4) is 23.0 Å². The van der Waals surface area contributed by atoms with Gasteiger partial charge in [-0.15, -0.1) is 0 Å². The Bertz CT molecular complexity index is 2590. The van der Waals surface area contributed by atoms with E-state index in [1.807, 2.05) is 0 Å². The Morgan fingerprint density at radius 1 is 0.321 bits per heavy atom. The zero-order valence-electron chi connectivity index (χ0n) is 46.4. The Kier molecular flexibility index (Phi) is 24.7. The van der Waals surface area contributed by atoms with Gasteiger partial charge in [-0.2, -0.15) is 0 Å². The molecule has 0 N–H and O–H groups in total. The van der Waals surface area contributed by atoms with Crippen molar-refractivity contribution in [2.75, 3.05) is 46.2 Å². The number of hydrogen-bond donors (Lipinski definition) is 0. The van der Waals surface area contributed by atoms with Crippen LogP contribution in [0.5, 0.6) is 23.0 Å². The molecule has 0 aliphatic carbocycles. The van der Waals surface area contributed by atoms with Gasteiger partial charge in [-0.25, -0.2) is 19.2 Å². The summed E-state index contributed by atoms with van der Waals surface area (Å²) in [5.41, 5.74) is -7.13. The summed E-state index contributed by atoms with van der Waals surface area (Å²) in [6, 6.07) is 22.3. The second kappa shape index (κ2) is 31.0. The number of carbonyl (C=O) groups is 11. The number of rotatable bonds is 30. The first kappa shape index (κ1) is 64.6. The molecule has 0 amide bonds. The van der Waals surface area contributed by atoms with Crippen molar-refractivity contribution in [1.82, 2.24) is 0 Å². The third-order valence-corrected chi connectivity index (χ3v) is 11.8. The zero-order chi connectivity index (χ0) is 59.8. The van der Waals surface area contributed by atoms with E-state index in [1.165, 1.54) is 118 Å². The highest BCUT2D eigenvalue weighted by Crippen LogP contribution is 2.31. The standard InChI is InChI=1S/C59H66O22/c1-9-10-11-12-13-22-31-71-54(68)59(8,36-76-55(69)57(6,32-72-50(64)42-23-14-18-27-46(42)78-38(2)60)33-73-51(65)43-24-15-19-28-47(43)79-39(3)61)37-77-56(70)58(7,34-74-52(66)44-25-16-20-29-48(44)80-40(4)62)35-75-53(67)45-26-17-21-30-49(45)81-41(5)63/h14-21,23-30H,9-13,22,31-37H2,1-8H3. The number of unbranched alkanes of at least 4 members (excludes halogenated alkanes) is 5. The van der Waals surface area contributed by atoms with Gasteiger partial charge >= 0.3 is 65.7 Å². The first-order valence-corrected chi connectivity index (χ1v) is 25.7. The van der Waals surface area contributed by atoms with Gasteiger partial charge in [0, 0.05) is 27.7 Å². The predicted octanol–water partition coefficient (Wildman–Crippen LogP) is 8.12. The Labute approximate surface area is 467 Å². The molecule has 0 unspecified atom stereocenters. The van der Waals surface area contributed by atoms with Crippen LogP contribution in [0.15, 0.2) is 97.1 Å². The number of hydrogen-bond acceptors (Lipinski definition) is 22. The molecule has 0 aromatic heterocycles. The van der Waals surface area contributed by atoms with Crippen LogP contribution < -0.4 is 18.9 Å². The largest absolute Gasteiger partial charge is 0.465 e. The highest BCUT2D eigenvalue weighted by atomic mass is 16.6. The van der Waals surface area contributed by atoms with Crippen molar-refractivity contribution in [2.45, 2.75) is 93.9 Å². The van der Waals surface area contributed by atoms with Crippen molar-refractivity contribution >= 4 is 65.7 Å². The first-order chi connectivity index (χ1) is 38.4. The second-order valence-electron chi connectivity index (χ2n) is 19.4. The van der Waals surface area contributed by atoms with Gasteiger partial charge in [0.1, 0.15) is 101 Å². The minimum absolute atomic E-state index is 0.0943. The Balaban J connectivity index is 1.68. The van der Waals surface area contributed by atoms with E-state index in [0.717, 1.165) is 53.4 Å². The summed E-state index contributed by atoms with van der Waals surface area (Å²) in [6.07, 6.45) is 4.96. The van der Waals surface area contributed by atoms with Crippen LogP contribution in [0.2, 0.25) is 0 Å². The van der Waals surface area contributed by atoms with Gasteiger partial charge in [-0.1, -0.05) is 87.6 Å². The van der Waals surface area contributed by atoms with Crippen molar-refractivity contribution in [3.63, 3.8) is 0 Å². The van der Waals surface area contributed by atoms with Crippen LogP contribution in [0, 0.1) is 16.2 Å². The van der Waals surface area contributed by atoms with Crippen LogP contribution in [-0.2, 0) is 66.7 Å². The monoisotopic (exact) mass is 1130 g/mol. The quantitative estimate of drug-likeness (QED) is 0.0206. The third kappa shape index (κ3) is 20.0. The average molecular weight is 1130 g/mol. The van der Waals surface area contributed by atoms with E-state index in [4.69, 9.17) is 52.1 Å². The summed E-state index contributed by atoms with van der Waals surface area (Å²) in [6.45, 7) is 4.84. The van der Waals surface area contributed by atoms with E-state index in [2.05, 4.69) is 6.92 Å². The third-order valence-electron chi connectivity index (χ3n) is 11.8. The van der Waals surface area contributed by atoms with Gasteiger partial charge in [-0.3, -0.25) is 33.6 Å². The Morgan fingerprint density at radius 3 is 0.827 bits per heavy atom. The van der Waals surface area contributed by atoms with Gasteiger partial charge in [0.2, 0.25) is 0 Å². The molecule has 0 saturated heterocycles. The van der Waals surface area contributed by atoms with Crippen molar-refractivity contribution in [2.24, 2.45) is 16.2 Å². The molecule has 81 heavy (non-hydrogen) atoms. The lowest BCUT2D eigenvalue weighted by Crippen LogP contribution is -2.46. The van der Waals surface area contributed by atoms with E-state index in [0.29, 0.717) is 12.8 Å². The van der Waals surface area contributed by atoms with Gasteiger partial charge in [0.15, 0.2) is 0 Å². The number of esters is 11. The van der Waals surface area contributed by atoms with E-state index in [1.54, 1.807) is 0 Å². The van der Waals surface area contributed by atoms with Crippen LogP contribution in [0.3, 0.4) is 0 Å². The molecule has 0 atom stereocenters. The molecule has 0 aliphatic rings. The SMILES string of the molecule is CCCCCCCCOC(=O)C(C)(COC(=O)C(C)(COC(=O)c1ccccc1OC(C)=O)COC(=O)c1ccccc1OC(C)=O)COC(=O)C(C)(COC(=O)c1ccccc1OC(C)=O)COC(=O)c1ccccc1OC(C)=O. The summed E-state index contributed by atoms with van der Waals surface area (Å²) in [7, 11) is 0. The molecule has 0 fully saturated rings. The summed E-state index contributed by atoms with van der Waals surface area (Å²) in [4.78, 5) is 145. The molecule has 0 heterocycles. The van der Waals surface area contributed by atoms with E-state index >= 15 is 0 Å². The molecular formula is C59H66O22. The lowest BCUT2D eigenvalue weighted by atomic mass is 9.90. The predicted molar refractivity (Wildman–Crippen MR) is 283 cm³/mol. The number of ether oxygens (including phenoxy) is 11. The molecule has 22 heteroatoms. The zero-order valence-corrected chi connectivity index (χ0v) is 46.4. The molecule has 0 aliphatic heterocycles. The molecule has 4 aromatic carbocycles. The molecule has 4 rings (SSSR count). The lowest BCUT2D eigenvalue weighted by molar-refractivity contribution is -0.179. The number of benzene rings is 4. The Hall–Kier alpha value is -8.95. The summed E-state index contributed by atoms with van der Waals surface area (Å²) in [5, 5.41) is 0. The fourth-order valence-corrected chi connectivity index (χ4v) is 7.22. The van der Waals surface area contributed by atoms with Crippen molar-refractivity contribution < 1.29 is 105 Å². The van der Waals surface area contributed by atoms with Crippen LogP contribution in [-0.4, -0.2) is 112 Å².